The van der Waals surface area contributed by atoms with Crippen molar-refractivity contribution < 1.29 is 14.3 Å². The lowest BCUT2D eigenvalue weighted by Crippen LogP contribution is -2.54. The standard InChI is InChI=1S/C15H20N4O3/c1-10(16)18-14(20)12-9-22-8-7-19(12)15(21)13(17)11-5-3-2-4-6-11/h2-6,12-13H,7-9,17H2,1H3,(H2,16,18,20). The molecule has 118 valence electrons. The highest BCUT2D eigenvalue weighted by atomic mass is 16.5. The molecule has 1 aliphatic rings. The summed E-state index contributed by atoms with van der Waals surface area (Å²) < 4.78 is 5.29. The normalized spacial score (nSPS) is 20.5. The number of nitrogens with zero attached hydrogens (tertiary/aromatic N) is 2. The molecule has 0 radical (unpaired) electrons. The molecule has 1 aliphatic heterocycles. The molecule has 1 aromatic rings. The highest BCUT2D eigenvalue weighted by molar-refractivity contribution is 5.97. The number of amidine groups is 1. The van der Waals surface area contributed by atoms with Crippen molar-refractivity contribution in [2.45, 2.75) is 19.0 Å². The van der Waals surface area contributed by atoms with Crippen LogP contribution in [0, 0.1) is 0 Å². The molecule has 2 rings (SSSR count). The van der Waals surface area contributed by atoms with Crippen molar-refractivity contribution in [2.24, 2.45) is 16.5 Å². The van der Waals surface area contributed by atoms with Gasteiger partial charge in [0, 0.05) is 6.54 Å². The lowest BCUT2D eigenvalue weighted by molar-refractivity contribution is -0.148. The van der Waals surface area contributed by atoms with Crippen LogP contribution >= 0.6 is 0 Å². The molecular formula is C15H20N4O3. The Kier molecular flexibility index (Phi) is 5.24. The van der Waals surface area contributed by atoms with Crippen LogP contribution in [-0.2, 0) is 14.3 Å². The SMILES string of the molecule is CC(N)=NC(=O)C1COCCN1C(=O)C(N)c1ccccc1. The molecule has 0 saturated carbocycles. The minimum atomic E-state index is -0.822. The summed E-state index contributed by atoms with van der Waals surface area (Å²) in [6.45, 7) is 2.28. The van der Waals surface area contributed by atoms with Gasteiger partial charge in [0.2, 0.25) is 5.91 Å². The average Bonchev–Trinajstić information content (AvgIpc) is 2.53. The maximum atomic E-state index is 12.6. The summed E-state index contributed by atoms with van der Waals surface area (Å²) in [6, 6.07) is 7.43. The largest absolute Gasteiger partial charge is 0.387 e. The molecule has 0 spiro atoms. The maximum Gasteiger partial charge on any atom is 0.272 e. The zero-order chi connectivity index (χ0) is 16.1. The van der Waals surface area contributed by atoms with E-state index in [1.165, 1.54) is 11.8 Å². The minimum absolute atomic E-state index is 0.100. The average molecular weight is 304 g/mol. The number of ether oxygens (including phenoxy) is 1. The van der Waals surface area contributed by atoms with Gasteiger partial charge in [-0.05, 0) is 12.5 Å². The van der Waals surface area contributed by atoms with Crippen molar-refractivity contribution >= 4 is 17.6 Å². The van der Waals surface area contributed by atoms with Gasteiger partial charge in [-0.1, -0.05) is 30.3 Å². The minimum Gasteiger partial charge on any atom is -0.387 e. The van der Waals surface area contributed by atoms with E-state index in [-0.39, 0.29) is 18.3 Å². The number of benzene rings is 1. The molecular weight excluding hydrogens is 284 g/mol. The number of hydrogen-bond acceptors (Lipinski definition) is 4. The van der Waals surface area contributed by atoms with Crippen molar-refractivity contribution in [1.29, 1.82) is 0 Å². The van der Waals surface area contributed by atoms with Gasteiger partial charge in [0.15, 0.2) is 0 Å². The number of aliphatic imine (C=N–C) groups is 1. The fraction of sp³-hybridized carbons (Fsp3) is 0.400. The van der Waals surface area contributed by atoms with Crippen LogP contribution in [0.15, 0.2) is 35.3 Å². The van der Waals surface area contributed by atoms with Gasteiger partial charge in [-0.2, -0.15) is 4.99 Å². The second-order valence-corrected chi connectivity index (χ2v) is 5.10. The lowest BCUT2D eigenvalue weighted by Gasteiger charge is -2.35. The fourth-order valence-corrected chi connectivity index (χ4v) is 2.30. The van der Waals surface area contributed by atoms with Crippen molar-refractivity contribution in [1.82, 2.24) is 4.90 Å². The van der Waals surface area contributed by atoms with Crippen LogP contribution in [0.5, 0.6) is 0 Å². The Balaban J connectivity index is 2.18. The third-order valence-corrected chi connectivity index (χ3v) is 3.41. The highest BCUT2D eigenvalue weighted by Gasteiger charge is 2.35. The van der Waals surface area contributed by atoms with E-state index in [0.29, 0.717) is 18.7 Å². The summed E-state index contributed by atoms with van der Waals surface area (Å²) in [5.41, 5.74) is 12.2. The van der Waals surface area contributed by atoms with Gasteiger partial charge in [-0.3, -0.25) is 9.59 Å². The summed E-state index contributed by atoms with van der Waals surface area (Å²) in [7, 11) is 0. The van der Waals surface area contributed by atoms with Crippen LogP contribution in [0.2, 0.25) is 0 Å². The fourth-order valence-electron chi connectivity index (χ4n) is 2.30. The molecule has 1 aromatic carbocycles. The Bertz CT molecular complexity index is 569. The Morgan fingerprint density at radius 1 is 1.36 bits per heavy atom. The van der Waals surface area contributed by atoms with E-state index in [2.05, 4.69) is 4.99 Å². The van der Waals surface area contributed by atoms with Crippen molar-refractivity contribution in [3.63, 3.8) is 0 Å². The molecule has 4 N–H and O–H groups in total. The number of rotatable bonds is 3. The van der Waals surface area contributed by atoms with Crippen LogP contribution in [0.25, 0.3) is 0 Å². The smallest absolute Gasteiger partial charge is 0.272 e. The van der Waals surface area contributed by atoms with Gasteiger partial charge in [0.25, 0.3) is 5.91 Å². The van der Waals surface area contributed by atoms with Gasteiger partial charge < -0.3 is 21.1 Å². The van der Waals surface area contributed by atoms with Gasteiger partial charge in [0.1, 0.15) is 12.1 Å². The molecule has 1 fully saturated rings. The Morgan fingerprint density at radius 3 is 2.68 bits per heavy atom. The molecule has 7 nitrogen and oxygen atoms in total. The third-order valence-electron chi connectivity index (χ3n) is 3.41. The molecule has 2 unspecified atom stereocenters. The topological polar surface area (TPSA) is 111 Å². The van der Waals surface area contributed by atoms with Crippen LogP contribution in [0.1, 0.15) is 18.5 Å². The van der Waals surface area contributed by atoms with E-state index >= 15 is 0 Å². The second-order valence-electron chi connectivity index (χ2n) is 5.10. The number of morpholine rings is 1. The summed E-state index contributed by atoms with van der Waals surface area (Å²) in [4.78, 5) is 29.8. The first kappa shape index (κ1) is 16.1. The molecule has 22 heavy (non-hydrogen) atoms. The first-order valence-electron chi connectivity index (χ1n) is 7.04. The number of nitrogens with two attached hydrogens (primary N) is 2. The van der Waals surface area contributed by atoms with E-state index in [9.17, 15) is 9.59 Å². The van der Waals surface area contributed by atoms with Gasteiger partial charge in [-0.25, -0.2) is 0 Å². The Labute approximate surface area is 128 Å². The van der Waals surface area contributed by atoms with E-state index in [4.69, 9.17) is 16.2 Å². The van der Waals surface area contributed by atoms with E-state index in [1.807, 2.05) is 18.2 Å². The second kappa shape index (κ2) is 7.15. The number of amides is 2. The number of hydrogen-bond donors (Lipinski definition) is 2. The predicted octanol–water partition coefficient (Wildman–Crippen LogP) is -0.182. The Morgan fingerprint density at radius 2 is 2.05 bits per heavy atom. The van der Waals surface area contributed by atoms with Crippen LogP contribution in [-0.4, -0.2) is 48.4 Å². The monoisotopic (exact) mass is 304 g/mol. The predicted molar refractivity (Wildman–Crippen MR) is 82.0 cm³/mol. The van der Waals surface area contributed by atoms with Crippen molar-refractivity contribution in [2.75, 3.05) is 19.8 Å². The lowest BCUT2D eigenvalue weighted by atomic mass is 10.0. The zero-order valence-electron chi connectivity index (χ0n) is 12.4. The van der Waals surface area contributed by atoms with E-state index < -0.39 is 18.0 Å². The highest BCUT2D eigenvalue weighted by Crippen LogP contribution is 2.17. The number of carbonyl (C=O) groups is 2. The summed E-state index contributed by atoms with van der Waals surface area (Å²) in [5.74, 6) is -0.665. The molecule has 2 atom stereocenters. The van der Waals surface area contributed by atoms with Crippen LogP contribution < -0.4 is 11.5 Å². The van der Waals surface area contributed by atoms with Gasteiger partial charge in [-0.15, -0.1) is 0 Å². The van der Waals surface area contributed by atoms with E-state index in [0.717, 1.165) is 0 Å². The first-order valence-corrected chi connectivity index (χ1v) is 7.04. The molecule has 2 amide bonds. The van der Waals surface area contributed by atoms with Crippen molar-refractivity contribution in [3.05, 3.63) is 35.9 Å². The molecule has 1 heterocycles. The number of carbonyl (C=O) groups excluding carboxylic acids is 2. The zero-order valence-corrected chi connectivity index (χ0v) is 12.4. The third kappa shape index (κ3) is 3.69. The summed E-state index contributed by atoms with van der Waals surface area (Å²) in [6.07, 6.45) is 0. The van der Waals surface area contributed by atoms with Crippen LogP contribution in [0.4, 0.5) is 0 Å². The van der Waals surface area contributed by atoms with E-state index in [1.54, 1.807) is 12.1 Å². The van der Waals surface area contributed by atoms with Gasteiger partial charge >= 0.3 is 0 Å². The van der Waals surface area contributed by atoms with Crippen molar-refractivity contribution in [3.8, 4) is 0 Å². The Hall–Kier alpha value is -2.25. The summed E-state index contributed by atoms with van der Waals surface area (Å²) >= 11 is 0. The molecule has 7 heteroatoms. The molecule has 0 aliphatic carbocycles. The molecule has 0 aromatic heterocycles. The van der Waals surface area contributed by atoms with Crippen LogP contribution in [0.3, 0.4) is 0 Å². The molecule has 0 bridgehead atoms. The quantitative estimate of drug-likeness (QED) is 0.594. The summed E-state index contributed by atoms with van der Waals surface area (Å²) in [5, 5.41) is 0. The molecule has 1 saturated heterocycles. The van der Waals surface area contributed by atoms with Gasteiger partial charge in [0.05, 0.1) is 19.0 Å². The maximum absolute atomic E-state index is 12.6. The first-order chi connectivity index (χ1) is 10.5.